The van der Waals surface area contributed by atoms with Gasteiger partial charge in [0, 0.05) is 11.6 Å². The summed E-state index contributed by atoms with van der Waals surface area (Å²) in [5.41, 5.74) is 3.05. The number of carboxylic acid groups (broad SMARTS) is 1. The maximum absolute atomic E-state index is 12.7. The van der Waals surface area contributed by atoms with Crippen LogP contribution < -0.4 is 5.43 Å². The summed E-state index contributed by atoms with van der Waals surface area (Å²) in [5, 5.41) is 12.1. The smallest absolute Gasteiger partial charge is 0.336 e. The summed E-state index contributed by atoms with van der Waals surface area (Å²) in [7, 11) is 0. The lowest BCUT2D eigenvalue weighted by atomic mass is 10.1. The van der Waals surface area contributed by atoms with Crippen LogP contribution in [-0.2, 0) is 4.79 Å². The first-order chi connectivity index (χ1) is 14.4. The van der Waals surface area contributed by atoms with Gasteiger partial charge < -0.3 is 9.52 Å². The predicted octanol–water partition coefficient (Wildman–Crippen LogP) is 4.25. The molecule has 1 saturated heterocycles. The Morgan fingerprint density at radius 2 is 1.93 bits per heavy atom. The van der Waals surface area contributed by atoms with Gasteiger partial charge in [0.05, 0.1) is 15.3 Å². The minimum atomic E-state index is -1.06. The summed E-state index contributed by atoms with van der Waals surface area (Å²) in [6.45, 7) is 0. The van der Waals surface area contributed by atoms with Crippen molar-refractivity contribution in [3.63, 3.8) is 0 Å². The maximum atomic E-state index is 12.7. The van der Waals surface area contributed by atoms with E-state index >= 15 is 0 Å². The molecular weight excluding hydrogens is 444 g/mol. The third kappa shape index (κ3) is 3.92. The number of thioether (sulfide) groups is 1. The number of carbonyl (C=O) groups excluding carboxylic acids is 2. The number of aromatic carboxylic acids is 1. The van der Waals surface area contributed by atoms with Crippen LogP contribution in [0.1, 0.15) is 25.8 Å². The van der Waals surface area contributed by atoms with E-state index in [0.29, 0.717) is 22.0 Å². The summed E-state index contributed by atoms with van der Waals surface area (Å²) in [4.78, 5) is 37.0. The van der Waals surface area contributed by atoms with Crippen molar-refractivity contribution in [2.24, 2.45) is 0 Å². The third-order valence-corrected chi connectivity index (χ3v) is 6.25. The van der Waals surface area contributed by atoms with Crippen LogP contribution in [0.2, 0.25) is 0 Å². The van der Waals surface area contributed by atoms with Crippen LogP contribution in [0.25, 0.3) is 17.4 Å². The fourth-order valence-electron chi connectivity index (χ4n) is 2.72. The molecule has 1 fully saturated rings. The zero-order chi connectivity index (χ0) is 21.3. The van der Waals surface area contributed by atoms with E-state index in [9.17, 15) is 19.5 Å². The van der Waals surface area contributed by atoms with Crippen LogP contribution in [0.15, 0.2) is 63.2 Å². The Bertz CT molecular complexity index is 1200. The van der Waals surface area contributed by atoms with E-state index in [2.05, 4.69) is 5.43 Å². The number of thiocarbonyl (C=S) groups is 1. The molecule has 0 spiro atoms. The molecular formula is C20H12N2O5S3. The Kier molecular flexibility index (Phi) is 5.53. The first-order valence-electron chi connectivity index (χ1n) is 8.49. The Balaban J connectivity index is 1.55. The van der Waals surface area contributed by atoms with Crippen molar-refractivity contribution in [1.82, 2.24) is 10.4 Å². The first-order valence-corrected chi connectivity index (χ1v) is 10.6. The second kappa shape index (κ2) is 8.27. The van der Waals surface area contributed by atoms with Gasteiger partial charge in [-0.05, 0) is 41.9 Å². The molecule has 150 valence electrons. The fraction of sp³-hybridized carbons (Fsp3) is 0. The molecule has 3 aromatic rings. The molecule has 10 heteroatoms. The Morgan fingerprint density at radius 1 is 1.13 bits per heavy atom. The van der Waals surface area contributed by atoms with Gasteiger partial charge in [-0.2, -0.15) is 5.01 Å². The average Bonchev–Trinajstić information content (AvgIpc) is 3.47. The summed E-state index contributed by atoms with van der Waals surface area (Å²) in [6.07, 6.45) is 1.50. The van der Waals surface area contributed by atoms with Crippen molar-refractivity contribution in [3.05, 3.63) is 75.0 Å². The predicted molar refractivity (Wildman–Crippen MR) is 118 cm³/mol. The number of nitrogens with one attached hydrogen (secondary N) is 1. The second-order valence-electron chi connectivity index (χ2n) is 5.99. The van der Waals surface area contributed by atoms with Gasteiger partial charge in [0.25, 0.3) is 11.8 Å². The molecule has 0 radical (unpaired) electrons. The fourth-order valence-corrected chi connectivity index (χ4v) is 4.49. The van der Waals surface area contributed by atoms with Crippen molar-refractivity contribution >= 4 is 63.5 Å². The number of hydrazine groups is 1. The Hall–Kier alpha value is -3.21. The average molecular weight is 457 g/mol. The van der Waals surface area contributed by atoms with Crippen LogP contribution >= 0.6 is 35.3 Å². The lowest BCUT2D eigenvalue weighted by Crippen LogP contribution is -2.44. The van der Waals surface area contributed by atoms with Crippen LogP contribution in [0.3, 0.4) is 0 Å². The molecule has 30 heavy (non-hydrogen) atoms. The molecule has 3 heterocycles. The van der Waals surface area contributed by atoms with E-state index in [1.165, 1.54) is 23.5 Å². The summed E-state index contributed by atoms with van der Waals surface area (Å²) in [6, 6.07) is 13.1. The molecule has 0 saturated carbocycles. The molecule has 0 aliphatic carbocycles. The molecule has 0 bridgehead atoms. The van der Waals surface area contributed by atoms with Crippen molar-refractivity contribution < 1.29 is 23.9 Å². The Labute approximate surface area is 184 Å². The van der Waals surface area contributed by atoms with Crippen LogP contribution in [-0.4, -0.2) is 32.2 Å². The molecule has 1 aliphatic heterocycles. The molecule has 7 nitrogen and oxygen atoms in total. The summed E-state index contributed by atoms with van der Waals surface area (Å²) in [5.74, 6) is -1.24. The number of thiophene rings is 1. The lowest BCUT2D eigenvalue weighted by Gasteiger charge is -2.14. The van der Waals surface area contributed by atoms with E-state index in [1.54, 1.807) is 47.8 Å². The van der Waals surface area contributed by atoms with E-state index in [1.807, 2.05) is 0 Å². The van der Waals surface area contributed by atoms with E-state index in [-0.39, 0.29) is 14.8 Å². The number of carboxylic acids is 1. The van der Waals surface area contributed by atoms with Gasteiger partial charge in [-0.1, -0.05) is 36.0 Å². The highest BCUT2D eigenvalue weighted by Gasteiger charge is 2.34. The minimum Gasteiger partial charge on any atom is -0.478 e. The molecule has 1 aliphatic rings. The van der Waals surface area contributed by atoms with Crippen LogP contribution in [0.5, 0.6) is 0 Å². The zero-order valence-electron chi connectivity index (χ0n) is 15.0. The van der Waals surface area contributed by atoms with Crippen molar-refractivity contribution in [2.75, 3.05) is 0 Å². The van der Waals surface area contributed by atoms with Gasteiger partial charge >= 0.3 is 5.97 Å². The summed E-state index contributed by atoms with van der Waals surface area (Å²) >= 11 is 7.49. The number of benzene rings is 1. The van der Waals surface area contributed by atoms with Crippen molar-refractivity contribution in [2.45, 2.75) is 0 Å². The first kappa shape index (κ1) is 20.1. The number of nitrogens with zero attached hydrogens (tertiary/aromatic N) is 1. The quantitative estimate of drug-likeness (QED) is 0.437. The van der Waals surface area contributed by atoms with Crippen molar-refractivity contribution in [1.29, 1.82) is 0 Å². The van der Waals surface area contributed by atoms with Gasteiger partial charge in [0.2, 0.25) is 0 Å². The normalized spacial score (nSPS) is 15.1. The topological polar surface area (TPSA) is 99.9 Å². The number of carbonyl (C=O) groups is 3. The number of amides is 2. The molecule has 4 rings (SSSR count). The van der Waals surface area contributed by atoms with Crippen molar-refractivity contribution in [3.8, 4) is 11.3 Å². The van der Waals surface area contributed by atoms with E-state index in [4.69, 9.17) is 16.6 Å². The van der Waals surface area contributed by atoms with Gasteiger partial charge in [0.1, 0.15) is 11.5 Å². The highest BCUT2D eigenvalue weighted by molar-refractivity contribution is 8.26. The van der Waals surface area contributed by atoms with Crippen LogP contribution in [0.4, 0.5) is 0 Å². The largest absolute Gasteiger partial charge is 0.478 e. The highest BCUT2D eigenvalue weighted by Crippen LogP contribution is 2.33. The minimum absolute atomic E-state index is 0.112. The van der Waals surface area contributed by atoms with Gasteiger partial charge in [0.15, 0.2) is 4.32 Å². The van der Waals surface area contributed by atoms with Gasteiger partial charge in [-0.25, -0.2) is 4.79 Å². The molecule has 0 unspecified atom stereocenters. The van der Waals surface area contributed by atoms with Gasteiger partial charge in [-0.15, -0.1) is 11.3 Å². The summed E-state index contributed by atoms with van der Waals surface area (Å²) < 4.78 is 5.92. The second-order valence-corrected chi connectivity index (χ2v) is 8.61. The maximum Gasteiger partial charge on any atom is 0.336 e. The Morgan fingerprint density at radius 3 is 2.67 bits per heavy atom. The number of hydrogen-bond donors (Lipinski definition) is 2. The monoisotopic (exact) mass is 456 g/mol. The van der Waals surface area contributed by atoms with Crippen LogP contribution in [0, 0.1) is 0 Å². The molecule has 2 N–H and O–H groups in total. The number of furan rings is 1. The molecule has 0 atom stereocenters. The molecule has 1 aromatic carbocycles. The lowest BCUT2D eigenvalue weighted by molar-refractivity contribution is -0.123. The molecule has 2 amide bonds. The highest BCUT2D eigenvalue weighted by atomic mass is 32.2. The van der Waals surface area contributed by atoms with E-state index in [0.717, 1.165) is 16.8 Å². The number of rotatable bonds is 5. The standard InChI is InChI=1S/C20H12N2O5S3/c23-17(15-6-3-9-29-15)21-22-18(24)16(30-20(22)28)10-11-7-8-14(27-11)12-4-1-2-5-13(12)19(25)26/h1-10H,(H,21,23)(H,25,26)/b16-10-. The third-order valence-electron chi connectivity index (χ3n) is 4.08. The van der Waals surface area contributed by atoms with E-state index < -0.39 is 17.8 Å². The SMILES string of the molecule is O=C(NN1C(=O)/C(=C/c2ccc(-c3ccccc3C(=O)O)o2)SC1=S)c1cccs1. The molecule has 2 aromatic heterocycles. The zero-order valence-corrected chi connectivity index (χ0v) is 17.5. The van der Waals surface area contributed by atoms with Gasteiger partial charge in [-0.3, -0.25) is 15.0 Å². The number of hydrogen-bond acceptors (Lipinski definition) is 7.